The number of anilines is 1. The van der Waals surface area contributed by atoms with Crippen molar-refractivity contribution < 1.29 is 9.18 Å². The van der Waals surface area contributed by atoms with Crippen molar-refractivity contribution in [2.24, 2.45) is 0 Å². The summed E-state index contributed by atoms with van der Waals surface area (Å²) in [5, 5.41) is 12.5. The molecule has 0 saturated heterocycles. The Labute approximate surface area is 160 Å². The summed E-state index contributed by atoms with van der Waals surface area (Å²) in [4.78, 5) is 17.4. The van der Waals surface area contributed by atoms with E-state index in [4.69, 9.17) is 0 Å². The van der Waals surface area contributed by atoms with E-state index in [-0.39, 0.29) is 11.4 Å². The van der Waals surface area contributed by atoms with Crippen molar-refractivity contribution in [3.05, 3.63) is 69.7 Å². The number of halogens is 1. The van der Waals surface area contributed by atoms with Crippen LogP contribution in [0.4, 0.5) is 9.52 Å². The molecule has 0 fully saturated rings. The predicted molar refractivity (Wildman–Crippen MR) is 104 cm³/mol. The minimum atomic E-state index is -0.525. The van der Waals surface area contributed by atoms with Gasteiger partial charge in [-0.1, -0.05) is 12.1 Å². The Kier molecular flexibility index (Phi) is 5.19. The molecule has 0 radical (unpaired) electrons. The molecule has 136 valence electrons. The average molecular weight is 380 g/mol. The summed E-state index contributed by atoms with van der Waals surface area (Å²) in [6.07, 6.45) is 3.16. The fourth-order valence-electron chi connectivity index (χ4n) is 2.82. The molecular weight excluding hydrogens is 363 g/mol. The summed E-state index contributed by atoms with van der Waals surface area (Å²) in [5.41, 5.74) is 2.60. The SMILES string of the molecule is Cc1cnc(NC(=O)/C(C#N)=C\c2cc(C)n(-c3ccccc3F)c2C)s1. The minimum absolute atomic E-state index is 0.0448. The molecule has 0 spiro atoms. The van der Waals surface area contributed by atoms with Crippen LogP contribution in [-0.4, -0.2) is 15.5 Å². The molecular formula is C20H17FN4OS. The molecule has 1 aromatic carbocycles. The smallest absolute Gasteiger partial charge is 0.268 e. The van der Waals surface area contributed by atoms with E-state index in [1.807, 2.05) is 32.9 Å². The number of nitrogens with one attached hydrogen (secondary N) is 1. The third kappa shape index (κ3) is 3.81. The Morgan fingerprint density at radius 1 is 1.33 bits per heavy atom. The van der Waals surface area contributed by atoms with E-state index in [2.05, 4.69) is 10.3 Å². The number of rotatable bonds is 4. The number of para-hydroxylation sites is 1. The van der Waals surface area contributed by atoms with Crippen LogP contribution >= 0.6 is 11.3 Å². The van der Waals surface area contributed by atoms with Crippen LogP contribution in [0.3, 0.4) is 0 Å². The number of carbonyl (C=O) groups is 1. The molecule has 3 aromatic rings. The van der Waals surface area contributed by atoms with Crippen LogP contribution in [0.1, 0.15) is 21.8 Å². The number of thiazole rings is 1. The highest BCUT2D eigenvalue weighted by Gasteiger charge is 2.16. The standard InChI is InChI=1S/C20H17FN4OS/c1-12-8-15(14(3)25(12)18-7-5-4-6-17(18)21)9-16(10-22)19(26)24-20-23-11-13(2)27-20/h4-9,11H,1-3H3,(H,23,24,26)/b16-9-. The first kappa shape index (κ1) is 18.5. The first-order chi connectivity index (χ1) is 12.9. The number of hydrogen-bond donors (Lipinski definition) is 1. The fraction of sp³-hybridized carbons (Fsp3) is 0.150. The van der Waals surface area contributed by atoms with Crippen LogP contribution in [0.5, 0.6) is 0 Å². The fourth-order valence-corrected chi connectivity index (χ4v) is 3.48. The molecule has 3 rings (SSSR count). The lowest BCUT2D eigenvalue weighted by Crippen LogP contribution is -2.13. The van der Waals surface area contributed by atoms with Gasteiger partial charge in [-0.25, -0.2) is 9.37 Å². The van der Waals surface area contributed by atoms with Gasteiger partial charge in [0.1, 0.15) is 17.5 Å². The first-order valence-corrected chi connectivity index (χ1v) is 9.01. The third-order valence-corrected chi connectivity index (χ3v) is 4.90. The van der Waals surface area contributed by atoms with Crippen molar-refractivity contribution in [2.45, 2.75) is 20.8 Å². The van der Waals surface area contributed by atoms with Gasteiger partial charge in [0.25, 0.3) is 5.91 Å². The summed E-state index contributed by atoms with van der Waals surface area (Å²) in [6, 6.07) is 10.2. The zero-order valence-electron chi connectivity index (χ0n) is 15.1. The zero-order chi connectivity index (χ0) is 19.6. The number of nitrogens with zero attached hydrogens (tertiary/aromatic N) is 3. The summed E-state index contributed by atoms with van der Waals surface area (Å²) >= 11 is 1.33. The monoisotopic (exact) mass is 380 g/mol. The highest BCUT2D eigenvalue weighted by atomic mass is 32.1. The number of carbonyl (C=O) groups excluding carboxylic acids is 1. The maximum atomic E-state index is 14.2. The Hall–Kier alpha value is -3.24. The molecule has 0 aliphatic rings. The second kappa shape index (κ2) is 7.56. The number of aromatic nitrogens is 2. The van der Waals surface area contributed by atoms with Crippen molar-refractivity contribution in [3.8, 4) is 11.8 Å². The highest BCUT2D eigenvalue weighted by Crippen LogP contribution is 2.25. The quantitative estimate of drug-likeness (QED) is 0.533. The van der Waals surface area contributed by atoms with E-state index < -0.39 is 5.91 Å². The Morgan fingerprint density at radius 3 is 2.70 bits per heavy atom. The summed E-state index contributed by atoms with van der Waals surface area (Å²) in [6.45, 7) is 5.55. The van der Waals surface area contributed by atoms with E-state index in [9.17, 15) is 14.4 Å². The van der Waals surface area contributed by atoms with Gasteiger partial charge < -0.3 is 4.57 Å². The van der Waals surface area contributed by atoms with E-state index in [0.717, 1.165) is 16.3 Å². The van der Waals surface area contributed by atoms with Gasteiger partial charge in [0, 0.05) is 22.5 Å². The van der Waals surface area contributed by atoms with Crippen molar-refractivity contribution in [3.63, 3.8) is 0 Å². The lowest BCUT2D eigenvalue weighted by atomic mass is 10.1. The van der Waals surface area contributed by atoms with Gasteiger partial charge in [0.15, 0.2) is 5.13 Å². The topological polar surface area (TPSA) is 70.7 Å². The van der Waals surface area contributed by atoms with Gasteiger partial charge >= 0.3 is 0 Å². The molecule has 1 amide bonds. The van der Waals surface area contributed by atoms with Crippen molar-refractivity contribution in [2.75, 3.05) is 5.32 Å². The minimum Gasteiger partial charge on any atom is -0.315 e. The predicted octanol–water partition coefficient (Wildman–Crippen LogP) is 4.54. The van der Waals surface area contributed by atoms with Crippen LogP contribution in [0, 0.1) is 37.9 Å². The van der Waals surface area contributed by atoms with Gasteiger partial charge in [0.05, 0.1) is 5.69 Å². The zero-order valence-corrected chi connectivity index (χ0v) is 15.9. The molecule has 5 nitrogen and oxygen atoms in total. The molecule has 0 saturated carbocycles. The molecule has 2 aromatic heterocycles. The molecule has 0 aliphatic carbocycles. The van der Waals surface area contributed by atoms with Crippen LogP contribution in [-0.2, 0) is 4.79 Å². The van der Waals surface area contributed by atoms with E-state index in [1.54, 1.807) is 29.0 Å². The molecule has 27 heavy (non-hydrogen) atoms. The molecule has 0 aliphatic heterocycles. The van der Waals surface area contributed by atoms with Crippen molar-refractivity contribution >= 4 is 28.5 Å². The van der Waals surface area contributed by atoms with Crippen molar-refractivity contribution in [1.29, 1.82) is 5.26 Å². The van der Waals surface area contributed by atoms with E-state index in [1.165, 1.54) is 23.5 Å². The Balaban J connectivity index is 1.96. The normalized spacial score (nSPS) is 11.3. The Morgan fingerprint density at radius 2 is 2.07 bits per heavy atom. The summed E-state index contributed by atoms with van der Waals surface area (Å²) in [5.74, 6) is -0.866. The summed E-state index contributed by atoms with van der Waals surface area (Å²) < 4.78 is 15.9. The molecule has 7 heteroatoms. The number of aryl methyl sites for hydroxylation is 2. The van der Waals surface area contributed by atoms with Gasteiger partial charge in [0.2, 0.25) is 0 Å². The van der Waals surface area contributed by atoms with E-state index >= 15 is 0 Å². The largest absolute Gasteiger partial charge is 0.315 e. The molecule has 0 bridgehead atoms. The molecule has 0 atom stereocenters. The van der Waals surface area contributed by atoms with Crippen molar-refractivity contribution in [1.82, 2.24) is 9.55 Å². The molecule has 0 unspecified atom stereocenters. The first-order valence-electron chi connectivity index (χ1n) is 8.20. The van der Waals surface area contributed by atoms with Gasteiger partial charge in [-0.05, 0) is 50.6 Å². The van der Waals surface area contributed by atoms with Crippen LogP contribution in [0.25, 0.3) is 11.8 Å². The number of hydrogen-bond acceptors (Lipinski definition) is 4. The molecule has 2 heterocycles. The van der Waals surface area contributed by atoms with Gasteiger partial charge in [-0.15, -0.1) is 11.3 Å². The van der Waals surface area contributed by atoms with Gasteiger partial charge in [-0.3, -0.25) is 10.1 Å². The number of amides is 1. The lowest BCUT2D eigenvalue weighted by molar-refractivity contribution is -0.112. The maximum Gasteiger partial charge on any atom is 0.268 e. The van der Waals surface area contributed by atoms with E-state index in [0.29, 0.717) is 16.4 Å². The second-order valence-electron chi connectivity index (χ2n) is 6.01. The van der Waals surface area contributed by atoms with Crippen LogP contribution in [0.15, 0.2) is 42.1 Å². The van der Waals surface area contributed by atoms with Gasteiger partial charge in [-0.2, -0.15) is 5.26 Å². The highest BCUT2D eigenvalue weighted by molar-refractivity contribution is 7.15. The van der Waals surface area contributed by atoms with Crippen LogP contribution < -0.4 is 5.32 Å². The Bertz CT molecular complexity index is 1090. The van der Waals surface area contributed by atoms with Crippen LogP contribution in [0.2, 0.25) is 0 Å². The lowest BCUT2D eigenvalue weighted by Gasteiger charge is -2.10. The maximum absolute atomic E-state index is 14.2. The molecule has 1 N–H and O–H groups in total. The number of nitriles is 1. The average Bonchev–Trinajstić information content (AvgIpc) is 3.16. The summed E-state index contributed by atoms with van der Waals surface area (Å²) in [7, 11) is 0. The number of benzene rings is 1. The third-order valence-electron chi connectivity index (χ3n) is 4.07. The second-order valence-corrected chi connectivity index (χ2v) is 7.25.